The smallest absolute Gasteiger partial charge is 0.237 e. The van der Waals surface area contributed by atoms with Crippen LogP contribution in [0.15, 0.2) is 29.4 Å². The summed E-state index contributed by atoms with van der Waals surface area (Å²) >= 11 is 0. The van der Waals surface area contributed by atoms with Gasteiger partial charge in [-0.1, -0.05) is 71.0 Å². The highest BCUT2D eigenvalue weighted by molar-refractivity contribution is 5.82. The van der Waals surface area contributed by atoms with E-state index in [9.17, 15) is 14.8 Å². The Morgan fingerprint density at radius 2 is 1.80 bits per heavy atom. The lowest BCUT2D eigenvalue weighted by atomic mass is 9.45. The Labute approximate surface area is 248 Å². The average molecular weight is 572 g/mol. The van der Waals surface area contributed by atoms with Crippen LogP contribution in [-0.4, -0.2) is 67.3 Å². The van der Waals surface area contributed by atoms with Crippen molar-refractivity contribution in [1.29, 1.82) is 0 Å². The third kappa shape index (κ3) is 8.82. The van der Waals surface area contributed by atoms with Crippen molar-refractivity contribution in [1.82, 2.24) is 20.9 Å². The molecule has 8 nitrogen and oxygen atoms in total. The number of nitroso groups, excluding NO2 is 1. The van der Waals surface area contributed by atoms with E-state index in [4.69, 9.17) is 0 Å². The lowest BCUT2D eigenvalue weighted by molar-refractivity contribution is -0.137. The lowest BCUT2D eigenvalue weighted by Gasteiger charge is -2.62. The van der Waals surface area contributed by atoms with E-state index >= 15 is 0 Å². The van der Waals surface area contributed by atoms with Crippen molar-refractivity contribution < 1.29 is 9.90 Å². The molecule has 41 heavy (non-hydrogen) atoms. The Morgan fingerprint density at radius 3 is 2.34 bits per heavy atom. The maximum Gasteiger partial charge on any atom is 0.237 e. The van der Waals surface area contributed by atoms with Gasteiger partial charge in [0, 0.05) is 37.6 Å². The molecule has 0 aromatic heterocycles. The molecule has 8 heteroatoms. The van der Waals surface area contributed by atoms with Gasteiger partial charge >= 0.3 is 0 Å². The standard InChI is InChI=1S/C33H57N5O3/c1-9-27(30(39)19-36-41)31(32(40)37-29-16-25-15-28(22(29)4)33(25,5)6)35-18-24-12-10-11-23(14-24)17-34-26(13-21(2)3)20-38(7)8/h10-12,14,21-22,25-31,34-35,39H,9,13,15-20H2,1-8H3,(H,37,40)/t22?,25?,26?,27?,28?,29?,30-,31-/m0/s1. The van der Waals surface area contributed by atoms with Gasteiger partial charge in [0.15, 0.2) is 0 Å². The number of carbonyl (C=O) groups is 1. The van der Waals surface area contributed by atoms with Crippen molar-refractivity contribution in [3.63, 3.8) is 0 Å². The molecule has 4 rings (SSSR count). The zero-order chi connectivity index (χ0) is 30.3. The van der Waals surface area contributed by atoms with Gasteiger partial charge in [0.05, 0.1) is 12.1 Å². The minimum absolute atomic E-state index is 0.0872. The van der Waals surface area contributed by atoms with Crippen molar-refractivity contribution in [3.8, 4) is 0 Å². The third-order valence-corrected chi connectivity index (χ3v) is 10.1. The van der Waals surface area contributed by atoms with E-state index in [1.807, 2.05) is 6.92 Å². The van der Waals surface area contributed by atoms with E-state index in [0.717, 1.165) is 31.5 Å². The number of hydrogen-bond donors (Lipinski definition) is 4. The molecule has 4 N–H and O–H groups in total. The quantitative estimate of drug-likeness (QED) is 0.205. The summed E-state index contributed by atoms with van der Waals surface area (Å²) in [6.45, 7) is 15.5. The zero-order valence-electron chi connectivity index (χ0n) is 26.8. The van der Waals surface area contributed by atoms with E-state index in [1.54, 1.807) is 0 Å². The summed E-state index contributed by atoms with van der Waals surface area (Å²) in [4.78, 5) is 27.0. The molecule has 1 aromatic carbocycles. The van der Waals surface area contributed by atoms with E-state index in [2.05, 4.69) is 99.0 Å². The Kier molecular flexibility index (Phi) is 12.3. The first kappa shape index (κ1) is 33.6. The third-order valence-electron chi connectivity index (χ3n) is 10.1. The Balaban J connectivity index is 1.68. The van der Waals surface area contributed by atoms with Crippen molar-refractivity contribution >= 4 is 5.91 Å². The lowest BCUT2D eigenvalue weighted by Crippen LogP contribution is -2.63. The maximum atomic E-state index is 13.8. The molecule has 0 heterocycles. The highest BCUT2D eigenvalue weighted by atomic mass is 16.3. The van der Waals surface area contributed by atoms with Gasteiger partial charge < -0.3 is 26.0 Å². The van der Waals surface area contributed by atoms with Crippen molar-refractivity contribution in [2.45, 2.75) is 105 Å². The number of nitrogens with one attached hydrogen (secondary N) is 3. The number of amides is 1. The fraction of sp³-hybridized carbons (Fsp3) is 0.788. The molecular weight excluding hydrogens is 514 g/mol. The largest absolute Gasteiger partial charge is 0.391 e. The van der Waals surface area contributed by atoms with Gasteiger partial charge in [-0.2, -0.15) is 4.91 Å². The summed E-state index contributed by atoms with van der Waals surface area (Å²) in [6.07, 6.45) is 2.96. The van der Waals surface area contributed by atoms with Crippen LogP contribution >= 0.6 is 0 Å². The van der Waals surface area contributed by atoms with Crippen LogP contribution in [0.25, 0.3) is 0 Å². The summed E-state index contributed by atoms with van der Waals surface area (Å²) in [5.41, 5.74) is 2.63. The van der Waals surface area contributed by atoms with Crippen LogP contribution < -0.4 is 16.0 Å². The second kappa shape index (κ2) is 15.0. The number of aliphatic hydroxyl groups is 1. The monoisotopic (exact) mass is 571 g/mol. The van der Waals surface area contributed by atoms with Gasteiger partial charge in [-0.25, -0.2) is 0 Å². The SMILES string of the molecule is CCC([C@H](NCc1cccc(CNC(CC(C)C)CN(C)C)c1)C(=O)NC1CC2CC(C1C)C2(C)C)[C@@H](O)CN=O. The Bertz CT molecular complexity index is 973. The van der Waals surface area contributed by atoms with Crippen LogP contribution in [0, 0.1) is 39.9 Å². The van der Waals surface area contributed by atoms with Gasteiger partial charge in [0.1, 0.15) is 6.54 Å². The van der Waals surface area contributed by atoms with Crippen molar-refractivity contribution in [3.05, 3.63) is 40.3 Å². The molecular formula is C33H57N5O3. The average Bonchev–Trinajstić information content (AvgIpc) is 2.90. The summed E-state index contributed by atoms with van der Waals surface area (Å²) in [5.74, 6) is 1.80. The molecule has 0 radical (unpaired) electrons. The molecule has 3 aliphatic rings. The number of aliphatic hydroxyl groups excluding tert-OH is 1. The van der Waals surface area contributed by atoms with Gasteiger partial charge in [0.25, 0.3) is 0 Å². The van der Waals surface area contributed by atoms with Crippen LogP contribution in [0.4, 0.5) is 0 Å². The normalized spacial score (nSPS) is 26.2. The molecule has 0 aliphatic heterocycles. The summed E-state index contributed by atoms with van der Waals surface area (Å²) in [7, 11) is 4.22. The second-order valence-corrected chi connectivity index (χ2v) is 14.2. The van der Waals surface area contributed by atoms with Crippen LogP contribution in [0.1, 0.15) is 78.4 Å². The second-order valence-electron chi connectivity index (χ2n) is 14.2. The molecule has 3 saturated carbocycles. The molecule has 3 aliphatic carbocycles. The van der Waals surface area contributed by atoms with E-state index in [0.29, 0.717) is 48.1 Å². The summed E-state index contributed by atoms with van der Waals surface area (Å²) in [6, 6.07) is 8.38. The van der Waals surface area contributed by atoms with Crippen LogP contribution in [-0.2, 0) is 17.9 Å². The molecule has 0 saturated heterocycles. The minimum atomic E-state index is -0.970. The van der Waals surface area contributed by atoms with Gasteiger partial charge in [0.2, 0.25) is 5.91 Å². The van der Waals surface area contributed by atoms with Gasteiger partial charge in [-0.15, -0.1) is 0 Å². The number of benzene rings is 1. The molecule has 2 bridgehead atoms. The van der Waals surface area contributed by atoms with Crippen molar-refractivity contribution in [2.24, 2.45) is 40.2 Å². The Hall–Kier alpha value is -1.87. The molecule has 8 atom stereocenters. The minimum Gasteiger partial charge on any atom is -0.391 e. The van der Waals surface area contributed by atoms with E-state index in [-0.39, 0.29) is 18.5 Å². The molecule has 232 valence electrons. The molecule has 3 fully saturated rings. The van der Waals surface area contributed by atoms with Crippen LogP contribution in [0.2, 0.25) is 0 Å². The van der Waals surface area contributed by atoms with E-state index < -0.39 is 18.1 Å². The number of rotatable bonds is 17. The highest BCUT2D eigenvalue weighted by Crippen LogP contribution is 2.61. The fourth-order valence-corrected chi connectivity index (χ4v) is 7.56. The first-order valence-corrected chi connectivity index (χ1v) is 15.8. The predicted octanol–water partition coefficient (Wildman–Crippen LogP) is 4.55. The van der Waals surface area contributed by atoms with Gasteiger partial charge in [-0.3, -0.25) is 4.79 Å². The van der Waals surface area contributed by atoms with Gasteiger partial charge in [-0.05, 0) is 80.0 Å². The summed E-state index contributed by atoms with van der Waals surface area (Å²) < 4.78 is 0. The number of carbonyl (C=O) groups excluding carboxylic acids is 1. The number of hydrogen-bond acceptors (Lipinski definition) is 7. The number of nitrogens with zero attached hydrogens (tertiary/aromatic N) is 2. The molecule has 0 spiro atoms. The van der Waals surface area contributed by atoms with Crippen LogP contribution in [0.3, 0.4) is 0 Å². The number of likely N-dealkylation sites (N-methyl/N-ethyl adjacent to an activating group) is 1. The highest BCUT2D eigenvalue weighted by Gasteiger charge is 2.56. The molecule has 1 amide bonds. The first-order valence-electron chi connectivity index (χ1n) is 15.8. The fourth-order valence-electron chi connectivity index (χ4n) is 7.56. The number of fused-ring (bicyclic) bond motifs is 2. The van der Waals surface area contributed by atoms with E-state index in [1.165, 1.54) is 12.0 Å². The predicted molar refractivity (Wildman–Crippen MR) is 167 cm³/mol. The molecule has 1 aromatic rings. The zero-order valence-corrected chi connectivity index (χ0v) is 26.8. The topological polar surface area (TPSA) is 106 Å². The molecule has 6 unspecified atom stereocenters. The van der Waals surface area contributed by atoms with Crippen molar-refractivity contribution in [2.75, 3.05) is 27.2 Å². The first-order chi connectivity index (χ1) is 19.4. The maximum absolute atomic E-state index is 13.8. The van der Waals surface area contributed by atoms with Crippen LogP contribution in [0.5, 0.6) is 0 Å². The summed E-state index contributed by atoms with van der Waals surface area (Å²) in [5, 5.41) is 24.3. The Morgan fingerprint density at radius 1 is 1.15 bits per heavy atom.